The van der Waals surface area contributed by atoms with Gasteiger partial charge < -0.3 is 4.98 Å². The van der Waals surface area contributed by atoms with Crippen molar-refractivity contribution in [1.82, 2.24) is 15.0 Å². The summed E-state index contributed by atoms with van der Waals surface area (Å²) >= 11 is 1.72. The van der Waals surface area contributed by atoms with E-state index in [0.29, 0.717) is 24.0 Å². The van der Waals surface area contributed by atoms with Crippen molar-refractivity contribution in [3.8, 4) is 10.4 Å². The maximum absolute atomic E-state index is 13.4. The van der Waals surface area contributed by atoms with Gasteiger partial charge in [-0.25, -0.2) is 13.8 Å². The minimum Gasteiger partial charge on any atom is -0.345 e. The Balaban J connectivity index is 1.26. The molecule has 5 aromatic rings. The van der Waals surface area contributed by atoms with E-state index in [0.717, 1.165) is 45.7 Å². The van der Waals surface area contributed by atoms with Gasteiger partial charge in [0.1, 0.15) is 5.65 Å². The van der Waals surface area contributed by atoms with E-state index >= 15 is 0 Å². The van der Waals surface area contributed by atoms with E-state index in [-0.39, 0.29) is 12.2 Å². The first-order valence-electron chi connectivity index (χ1n) is 11.0. The molecule has 0 fully saturated rings. The van der Waals surface area contributed by atoms with Crippen LogP contribution >= 0.6 is 11.3 Å². The lowest BCUT2D eigenvalue weighted by Crippen LogP contribution is -2.08. The van der Waals surface area contributed by atoms with Crippen LogP contribution in [0.1, 0.15) is 32.9 Å². The summed E-state index contributed by atoms with van der Waals surface area (Å²) in [6.07, 6.45) is 7.41. The number of Topliss-reactive ketones (excluding diaryl/α,β-unsaturated/α-hetero) is 1. The predicted octanol–water partition coefficient (Wildman–Crippen LogP) is 6.57. The molecule has 0 bridgehead atoms. The second kappa shape index (κ2) is 9.65. The summed E-state index contributed by atoms with van der Waals surface area (Å²) in [4.78, 5) is 27.3. The molecule has 1 N–H and O–H groups in total. The second-order valence-electron chi connectivity index (χ2n) is 8.04. The van der Waals surface area contributed by atoms with E-state index in [1.54, 1.807) is 35.9 Å². The van der Waals surface area contributed by atoms with Crippen molar-refractivity contribution in [2.75, 3.05) is 0 Å². The monoisotopic (exact) mass is 473 g/mol. The number of pyridine rings is 2. The molecule has 0 unspecified atom stereocenters. The standard InChI is InChI=1S/C27H21F2N3OS/c28-22-9-5-17(15-23(22)29)6-11-25(33)20-4-2-13-30-24(20)10-7-18-8-12-26(34-18)21-16-32-27-19(21)3-1-14-31-27/h1-5,8-9,12-16H,6-7,10-11H2,(H,31,32). The number of thiophene rings is 1. The Morgan fingerprint density at radius 2 is 1.76 bits per heavy atom. The van der Waals surface area contributed by atoms with E-state index in [2.05, 4.69) is 33.2 Å². The van der Waals surface area contributed by atoms with Crippen LogP contribution in [0.25, 0.3) is 21.5 Å². The third-order valence-corrected chi connectivity index (χ3v) is 6.98. The van der Waals surface area contributed by atoms with Crippen LogP contribution in [0.2, 0.25) is 0 Å². The smallest absolute Gasteiger partial charge is 0.165 e. The molecule has 0 spiro atoms. The summed E-state index contributed by atoms with van der Waals surface area (Å²) < 4.78 is 26.6. The van der Waals surface area contributed by atoms with Gasteiger partial charge in [-0.15, -0.1) is 11.3 Å². The number of fused-ring (bicyclic) bond motifs is 1. The number of aromatic nitrogens is 3. The zero-order chi connectivity index (χ0) is 23.5. The number of carbonyl (C=O) groups is 1. The van der Waals surface area contributed by atoms with Gasteiger partial charge in [-0.05, 0) is 73.4 Å². The molecule has 4 nitrogen and oxygen atoms in total. The highest BCUT2D eigenvalue weighted by Gasteiger charge is 2.14. The van der Waals surface area contributed by atoms with Gasteiger partial charge in [-0.2, -0.15) is 0 Å². The van der Waals surface area contributed by atoms with E-state index in [4.69, 9.17) is 0 Å². The number of halogens is 2. The Morgan fingerprint density at radius 3 is 2.65 bits per heavy atom. The summed E-state index contributed by atoms with van der Waals surface area (Å²) in [5, 5.41) is 1.09. The number of rotatable bonds is 8. The lowest BCUT2D eigenvalue weighted by Gasteiger charge is -2.08. The van der Waals surface area contributed by atoms with Gasteiger partial charge in [-0.3, -0.25) is 9.78 Å². The predicted molar refractivity (Wildman–Crippen MR) is 130 cm³/mol. The van der Waals surface area contributed by atoms with Crippen molar-refractivity contribution in [3.63, 3.8) is 0 Å². The third-order valence-electron chi connectivity index (χ3n) is 5.80. The molecule has 4 heterocycles. The number of aromatic amines is 1. The van der Waals surface area contributed by atoms with E-state index < -0.39 is 11.6 Å². The third kappa shape index (κ3) is 4.65. The van der Waals surface area contributed by atoms with Gasteiger partial charge in [0.15, 0.2) is 17.4 Å². The summed E-state index contributed by atoms with van der Waals surface area (Å²) in [5.74, 6) is -1.83. The maximum atomic E-state index is 13.4. The number of H-pyrrole nitrogens is 1. The molecule has 7 heteroatoms. The van der Waals surface area contributed by atoms with Crippen molar-refractivity contribution in [1.29, 1.82) is 0 Å². The normalized spacial score (nSPS) is 11.2. The molecule has 0 aliphatic rings. The summed E-state index contributed by atoms with van der Waals surface area (Å²) in [6.45, 7) is 0. The van der Waals surface area contributed by atoms with Crippen molar-refractivity contribution >= 4 is 28.2 Å². The van der Waals surface area contributed by atoms with Gasteiger partial charge in [0.25, 0.3) is 0 Å². The molecule has 0 aliphatic heterocycles. The van der Waals surface area contributed by atoms with Crippen LogP contribution in [0.4, 0.5) is 8.78 Å². The van der Waals surface area contributed by atoms with Crippen LogP contribution in [0.3, 0.4) is 0 Å². The molecular formula is C27H21F2N3OS. The van der Waals surface area contributed by atoms with Gasteiger partial charge >= 0.3 is 0 Å². The Morgan fingerprint density at radius 1 is 0.912 bits per heavy atom. The van der Waals surface area contributed by atoms with Crippen molar-refractivity contribution < 1.29 is 13.6 Å². The topological polar surface area (TPSA) is 58.6 Å². The zero-order valence-electron chi connectivity index (χ0n) is 18.2. The summed E-state index contributed by atoms with van der Waals surface area (Å²) in [5.41, 5.74) is 3.93. The molecule has 0 saturated heterocycles. The van der Waals surface area contributed by atoms with Crippen LogP contribution in [-0.4, -0.2) is 20.7 Å². The van der Waals surface area contributed by atoms with E-state index in [1.807, 2.05) is 12.3 Å². The van der Waals surface area contributed by atoms with Crippen molar-refractivity contribution in [2.45, 2.75) is 25.7 Å². The molecule has 5 rings (SSSR count). The quantitative estimate of drug-likeness (QED) is 0.260. The number of nitrogens with zero attached hydrogens (tertiary/aromatic N) is 2. The lowest BCUT2D eigenvalue weighted by molar-refractivity contribution is 0.0981. The first-order chi connectivity index (χ1) is 16.6. The Labute approximate surface area is 199 Å². The van der Waals surface area contributed by atoms with Crippen LogP contribution in [0, 0.1) is 11.6 Å². The molecule has 0 radical (unpaired) electrons. The average Bonchev–Trinajstić information content (AvgIpc) is 3.50. The van der Waals surface area contributed by atoms with E-state index in [1.165, 1.54) is 10.9 Å². The largest absolute Gasteiger partial charge is 0.345 e. The van der Waals surface area contributed by atoms with Gasteiger partial charge in [0.05, 0.1) is 5.69 Å². The number of benzene rings is 1. The molecule has 1 aromatic carbocycles. The van der Waals surface area contributed by atoms with Crippen LogP contribution in [-0.2, 0) is 19.3 Å². The van der Waals surface area contributed by atoms with Crippen molar-refractivity contribution in [3.05, 3.63) is 107 Å². The average molecular weight is 474 g/mol. The highest BCUT2D eigenvalue weighted by Crippen LogP contribution is 2.33. The fourth-order valence-electron chi connectivity index (χ4n) is 4.04. The Bertz CT molecular complexity index is 1470. The molecule has 170 valence electrons. The first kappa shape index (κ1) is 22.1. The van der Waals surface area contributed by atoms with Crippen LogP contribution < -0.4 is 0 Å². The molecule has 0 atom stereocenters. The van der Waals surface area contributed by atoms with Gasteiger partial charge in [0.2, 0.25) is 0 Å². The fourth-order valence-corrected chi connectivity index (χ4v) is 5.07. The Kier molecular flexibility index (Phi) is 6.27. The lowest BCUT2D eigenvalue weighted by atomic mass is 9.99. The SMILES string of the molecule is O=C(CCc1ccc(F)c(F)c1)c1cccnc1CCc1ccc(-c2c[nH]c3ncccc23)s1. The Hall–Kier alpha value is -3.71. The zero-order valence-corrected chi connectivity index (χ0v) is 19.0. The van der Waals surface area contributed by atoms with Crippen molar-refractivity contribution in [2.24, 2.45) is 0 Å². The first-order valence-corrected chi connectivity index (χ1v) is 11.8. The second-order valence-corrected chi connectivity index (χ2v) is 9.21. The molecule has 4 aromatic heterocycles. The number of aryl methyl sites for hydroxylation is 3. The minimum atomic E-state index is -0.897. The molecule has 0 aliphatic carbocycles. The summed E-state index contributed by atoms with van der Waals surface area (Å²) in [6, 6.07) is 15.5. The number of nitrogens with one attached hydrogen (secondary N) is 1. The van der Waals surface area contributed by atoms with Crippen LogP contribution in [0.15, 0.2) is 73.2 Å². The molecule has 0 saturated carbocycles. The number of carbonyl (C=O) groups excluding carboxylic acids is 1. The number of hydrogen-bond donors (Lipinski definition) is 1. The van der Waals surface area contributed by atoms with Gasteiger partial charge in [0, 0.05) is 51.3 Å². The molecular weight excluding hydrogens is 452 g/mol. The van der Waals surface area contributed by atoms with Crippen LogP contribution in [0.5, 0.6) is 0 Å². The number of hydrogen-bond acceptors (Lipinski definition) is 4. The highest BCUT2D eigenvalue weighted by atomic mass is 32.1. The molecule has 34 heavy (non-hydrogen) atoms. The molecule has 0 amide bonds. The maximum Gasteiger partial charge on any atom is 0.165 e. The van der Waals surface area contributed by atoms with Gasteiger partial charge in [-0.1, -0.05) is 6.07 Å². The minimum absolute atomic E-state index is 0.0500. The highest BCUT2D eigenvalue weighted by molar-refractivity contribution is 7.15. The number of ketones is 1. The van der Waals surface area contributed by atoms with E-state index in [9.17, 15) is 13.6 Å². The summed E-state index contributed by atoms with van der Waals surface area (Å²) in [7, 11) is 0. The fraction of sp³-hybridized carbons (Fsp3) is 0.148.